The molecule has 0 radical (unpaired) electrons. The molecule has 0 fully saturated rings. The van der Waals surface area contributed by atoms with E-state index in [2.05, 4.69) is 10.1 Å². The Bertz CT molecular complexity index is 522. The van der Waals surface area contributed by atoms with Gasteiger partial charge in [0.15, 0.2) is 0 Å². The summed E-state index contributed by atoms with van der Waals surface area (Å²) in [6.45, 7) is 3.89. The van der Waals surface area contributed by atoms with Crippen molar-refractivity contribution < 1.29 is 9.84 Å². The van der Waals surface area contributed by atoms with Crippen LogP contribution in [0.2, 0.25) is 0 Å². The SMILES string of the molecule is CC(C)Oc1cncc(C(O)c2ccn(C)n2)c1. The second-order valence-electron chi connectivity index (χ2n) is 4.44. The number of ether oxygens (including phenoxy) is 1. The molecule has 5 heteroatoms. The summed E-state index contributed by atoms with van der Waals surface area (Å²) in [5.74, 6) is 0.650. The van der Waals surface area contributed by atoms with Gasteiger partial charge in [0, 0.05) is 25.0 Å². The maximum absolute atomic E-state index is 10.2. The third-order valence-corrected chi connectivity index (χ3v) is 2.44. The summed E-state index contributed by atoms with van der Waals surface area (Å²) in [5.41, 5.74) is 1.27. The van der Waals surface area contributed by atoms with E-state index in [0.717, 1.165) is 0 Å². The molecule has 1 N–H and O–H groups in total. The van der Waals surface area contributed by atoms with Crippen LogP contribution < -0.4 is 4.74 Å². The lowest BCUT2D eigenvalue weighted by Gasteiger charge is -2.12. The minimum atomic E-state index is -0.783. The van der Waals surface area contributed by atoms with Crippen molar-refractivity contribution in [3.05, 3.63) is 42.0 Å². The highest BCUT2D eigenvalue weighted by molar-refractivity contribution is 5.29. The number of aromatic nitrogens is 3. The zero-order valence-electron chi connectivity index (χ0n) is 10.7. The van der Waals surface area contributed by atoms with Crippen molar-refractivity contribution in [2.24, 2.45) is 7.05 Å². The summed E-state index contributed by atoms with van der Waals surface area (Å²) in [4.78, 5) is 4.07. The van der Waals surface area contributed by atoms with Crippen molar-refractivity contribution in [1.29, 1.82) is 0 Å². The zero-order valence-corrected chi connectivity index (χ0v) is 10.7. The second-order valence-corrected chi connectivity index (χ2v) is 4.44. The molecule has 96 valence electrons. The van der Waals surface area contributed by atoms with Gasteiger partial charge in [0.1, 0.15) is 11.9 Å². The molecular weight excluding hydrogens is 230 g/mol. The predicted octanol–water partition coefficient (Wildman–Crippen LogP) is 1.68. The molecule has 2 aromatic heterocycles. The lowest BCUT2D eigenvalue weighted by atomic mass is 10.1. The van der Waals surface area contributed by atoms with Crippen LogP contribution in [0.15, 0.2) is 30.7 Å². The van der Waals surface area contributed by atoms with Crippen LogP contribution in [0, 0.1) is 0 Å². The first-order valence-corrected chi connectivity index (χ1v) is 5.85. The molecule has 5 nitrogen and oxygen atoms in total. The van der Waals surface area contributed by atoms with Gasteiger partial charge in [-0.25, -0.2) is 0 Å². The molecule has 18 heavy (non-hydrogen) atoms. The first-order chi connectivity index (χ1) is 8.56. The highest BCUT2D eigenvalue weighted by Crippen LogP contribution is 2.23. The van der Waals surface area contributed by atoms with E-state index in [0.29, 0.717) is 17.0 Å². The summed E-state index contributed by atoms with van der Waals surface area (Å²) in [6, 6.07) is 3.56. The zero-order chi connectivity index (χ0) is 13.1. The molecule has 0 aliphatic heterocycles. The first-order valence-electron chi connectivity index (χ1n) is 5.85. The van der Waals surface area contributed by atoms with Gasteiger partial charge in [-0.3, -0.25) is 9.67 Å². The summed E-state index contributed by atoms with van der Waals surface area (Å²) >= 11 is 0. The molecular formula is C13H17N3O2. The number of nitrogens with zero attached hydrogens (tertiary/aromatic N) is 3. The van der Waals surface area contributed by atoms with Crippen molar-refractivity contribution in [2.75, 3.05) is 0 Å². The average Bonchev–Trinajstić information content (AvgIpc) is 2.74. The van der Waals surface area contributed by atoms with Crippen molar-refractivity contribution in [1.82, 2.24) is 14.8 Å². The molecule has 1 unspecified atom stereocenters. The topological polar surface area (TPSA) is 60.2 Å². The molecule has 0 aliphatic rings. The Morgan fingerprint density at radius 3 is 2.72 bits per heavy atom. The Hall–Kier alpha value is -1.88. The Kier molecular flexibility index (Phi) is 3.62. The summed E-state index contributed by atoms with van der Waals surface area (Å²) in [6.07, 6.45) is 4.34. The maximum atomic E-state index is 10.2. The lowest BCUT2D eigenvalue weighted by Crippen LogP contribution is -2.07. The van der Waals surface area contributed by atoms with E-state index in [1.165, 1.54) is 0 Å². The van der Waals surface area contributed by atoms with E-state index in [9.17, 15) is 5.11 Å². The highest BCUT2D eigenvalue weighted by Gasteiger charge is 2.14. The number of rotatable bonds is 4. The number of hydrogen-bond donors (Lipinski definition) is 1. The lowest BCUT2D eigenvalue weighted by molar-refractivity contribution is 0.210. The predicted molar refractivity (Wildman–Crippen MR) is 67.3 cm³/mol. The van der Waals surface area contributed by atoms with Crippen molar-refractivity contribution in [2.45, 2.75) is 26.1 Å². The first kappa shape index (κ1) is 12.6. The van der Waals surface area contributed by atoms with Crippen molar-refractivity contribution in [3.63, 3.8) is 0 Å². The molecule has 0 spiro atoms. The number of pyridine rings is 1. The Morgan fingerprint density at radius 1 is 1.33 bits per heavy atom. The van der Waals surface area contributed by atoms with Crippen LogP contribution in [0.3, 0.4) is 0 Å². The number of aliphatic hydroxyl groups is 1. The van der Waals surface area contributed by atoms with Crippen LogP contribution in [0.4, 0.5) is 0 Å². The smallest absolute Gasteiger partial charge is 0.138 e. The molecule has 1 atom stereocenters. The quantitative estimate of drug-likeness (QED) is 0.893. The standard InChI is InChI=1S/C13H17N3O2/c1-9(2)18-11-6-10(7-14-8-11)13(17)12-4-5-16(3)15-12/h4-9,13,17H,1-3H3. The van der Waals surface area contributed by atoms with Gasteiger partial charge in [0.25, 0.3) is 0 Å². The fourth-order valence-electron chi connectivity index (χ4n) is 1.67. The summed E-state index contributed by atoms with van der Waals surface area (Å²) in [5, 5.41) is 14.4. The van der Waals surface area contributed by atoms with Crippen LogP contribution in [-0.2, 0) is 7.05 Å². The van der Waals surface area contributed by atoms with Gasteiger partial charge in [0.2, 0.25) is 0 Å². The third-order valence-electron chi connectivity index (χ3n) is 2.44. The Morgan fingerprint density at radius 2 is 2.11 bits per heavy atom. The van der Waals surface area contributed by atoms with E-state index in [1.807, 2.05) is 20.9 Å². The molecule has 0 aliphatic carbocycles. The summed E-state index contributed by atoms with van der Waals surface area (Å²) < 4.78 is 7.20. The monoisotopic (exact) mass is 247 g/mol. The molecule has 2 rings (SSSR count). The van der Waals surface area contributed by atoms with E-state index < -0.39 is 6.10 Å². The third kappa shape index (κ3) is 2.87. The maximum Gasteiger partial charge on any atom is 0.138 e. The number of aliphatic hydroxyl groups excluding tert-OH is 1. The Balaban J connectivity index is 2.22. The van der Waals surface area contributed by atoms with E-state index in [4.69, 9.17) is 4.74 Å². The van der Waals surface area contributed by atoms with Crippen LogP contribution in [0.25, 0.3) is 0 Å². The van der Waals surface area contributed by atoms with Gasteiger partial charge in [-0.15, -0.1) is 0 Å². The molecule has 0 aromatic carbocycles. The number of hydrogen-bond acceptors (Lipinski definition) is 4. The van der Waals surface area contributed by atoms with Gasteiger partial charge >= 0.3 is 0 Å². The Labute approximate surface area is 106 Å². The summed E-state index contributed by atoms with van der Waals surface area (Å²) in [7, 11) is 1.81. The molecule has 0 amide bonds. The fourth-order valence-corrected chi connectivity index (χ4v) is 1.67. The largest absolute Gasteiger partial charge is 0.489 e. The minimum absolute atomic E-state index is 0.0778. The van der Waals surface area contributed by atoms with E-state index >= 15 is 0 Å². The van der Waals surface area contributed by atoms with Gasteiger partial charge in [-0.05, 0) is 26.0 Å². The second kappa shape index (κ2) is 5.18. The van der Waals surface area contributed by atoms with Gasteiger partial charge in [-0.1, -0.05) is 0 Å². The van der Waals surface area contributed by atoms with Crippen LogP contribution >= 0.6 is 0 Å². The van der Waals surface area contributed by atoms with Gasteiger partial charge in [-0.2, -0.15) is 5.10 Å². The van der Waals surface area contributed by atoms with Gasteiger partial charge < -0.3 is 9.84 Å². The minimum Gasteiger partial charge on any atom is -0.489 e. The van der Waals surface area contributed by atoms with Crippen LogP contribution in [0.1, 0.15) is 31.2 Å². The number of aryl methyl sites for hydroxylation is 1. The molecule has 2 aromatic rings. The molecule has 0 saturated heterocycles. The van der Waals surface area contributed by atoms with Crippen LogP contribution in [0.5, 0.6) is 5.75 Å². The fraction of sp³-hybridized carbons (Fsp3) is 0.385. The molecule has 0 saturated carbocycles. The van der Waals surface area contributed by atoms with Crippen molar-refractivity contribution >= 4 is 0 Å². The normalized spacial score (nSPS) is 12.7. The van der Waals surface area contributed by atoms with Gasteiger partial charge in [0.05, 0.1) is 18.0 Å². The molecule has 2 heterocycles. The highest BCUT2D eigenvalue weighted by atomic mass is 16.5. The van der Waals surface area contributed by atoms with Crippen LogP contribution in [-0.4, -0.2) is 26.0 Å². The van der Waals surface area contributed by atoms with Crippen molar-refractivity contribution in [3.8, 4) is 5.75 Å². The van der Waals surface area contributed by atoms with E-state index in [-0.39, 0.29) is 6.10 Å². The average molecular weight is 247 g/mol. The van der Waals surface area contributed by atoms with E-state index in [1.54, 1.807) is 35.4 Å². The molecule has 0 bridgehead atoms.